The molecule has 18 atom stereocenters. The van der Waals surface area contributed by atoms with Crippen molar-refractivity contribution < 1.29 is 92.3 Å². The first-order chi connectivity index (χ1) is 44.1. The largest absolute Gasteiger partial charge is 0.479 e. The highest BCUT2D eigenvalue weighted by Gasteiger charge is 2.51. The third kappa shape index (κ3) is 19.6. The summed E-state index contributed by atoms with van der Waals surface area (Å²) in [5.41, 5.74) is 0.834. The summed E-state index contributed by atoms with van der Waals surface area (Å²) in [6.07, 6.45) is -4.01. The zero-order valence-electron chi connectivity index (χ0n) is 55.8. The predicted molar refractivity (Wildman–Crippen MR) is 341 cm³/mol. The minimum absolute atomic E-state index is 0.0881. The van der Waals surface area contributed by atoms with Crippen molar-refractivity contribution in [3.8, 4) is 5.75 Å². The molecule has 26 heteroatoms. The molecule has 2 heterocycles. The number of fused-ring (bicyclic) bond motifs is 1. The summed E-state index contributed by atoms with van der Waals surface area (Å²) in [5, 5.41) is 63.3. The van der Waals surface area contributed by atoms with Gasteiger partial charge in [-0.2, -0.15) is 0 Å². The molecule has 4 aliphatic rings. The van der Waals surface area contributed by atoms with Gasteiger partial charge in [0.2, 0.25) is 35.8 Å². The van der Waals surface area contributed by atoms with Crippen molar-refractivity contribution in [1.29, 1.82) is 0 Å². The number of likely N-dealkylation sites (tertiary alicyclic amines) is 1. The summed E-state index contributed by atoms with van der Waals surface area (Å²) in [4.78, 5) is 114. The second-order valence-electron chi connectivity index (χ2n) is 26.0. The maximum Gasteiger partial charge on any atom is 0.410 e. The maximum atomic E-state index is 14.9. The van der Waals surface area contributed by atoms with Gasteiger partial charge in [0.1, 0.15) is 42.8 Å². The van der Waals surface area contributed by atoms with Crippen molar-refractivity contribution in [3.05, 3.63) is 71.8 Å². The quantitative estimate of drug-likeness (QED) is 0.0453. The molecule has 2 aliphatic heterocycles. The van der Waals surface area contributed by atoms with Crippen molar-refractivity contribution >= 4 is 53.4 Å². The molecule has 26 nitrogen and oxygen atoms in total. The molecule has 0 aromatic heterocycles. The Labute approximate surface area is 545 Å². The van der Waals surface area contributed by atoms with Gasteiger partial charge in [-0.05, 0) is 104 Å². The molecular weight excluding hydrogens is 1210 g/mol. The minimum atomic E-state index is -2.01. The van der Waals surface area contributed by atoms with E-state index in [2.05, 4.69) is 33.4 Å². The number of aliphatic hydroxyl groups is 4. The van der Waals surface area contributed by atoms with Crippen LogP contribution >= 0.6 is 0 Å². The lowest BCUT2D eigenvalue weighted by atomic mass is 9.89. The van der Waals surface area contributed by atoms with Crippen LogP contribution in [0.4, 0.5) is 15.3 Å². The predicted octanol–water partition coefficient (Wildman–Crippen LogP) is 4.90. The Balaban J connectivity index is 1.10. The average Bonchev–Trinajstić information content (AvgIpc) is 1.72. The first-order valence-electron chi connectivity index (χ1n) is 32.6. The fourth-order valence-electron chi connectivity index (χ4n) is 13.2. The van der Waals surface area contributed by atoms with E-state index in [0.29, 0.717) is 49.1 Å². The summed E-state index contributed by atoms with van der Waals surface area (Å²) < 4.78 is 34.4. The summed E-state index contributed by atoms with van der Waals surface area (Å²) in [7, 11) is 5.96. The normalized spacial score (nSPS) is 25.1. The van der Waals surface area contributed by atoms with E-state index in [-0.39, 0.29) is 60.7 Å². The van der Waals surface area contributed by atoms with Gasteiger partial charge in [-0.25, -0.2) is 14.4 Å². The van der Waals surface area contributed by atoms with Crippen LogP contribution < -0.4 is 26.0 Å². The summed E-state index contributed by atoms with van der Waals surface area (Å²) in [6, 6.07) is 9.07. The molecule has 0 radical (unpaired) electrons. The first-order valence-corrected chi connectivity index (χ1v) is 32.6. The number of carboxylic acids is 1. The van der Waals surface area contributed by atoms with Gasteiger partial charge in [0.05, 0.1) is 61.1 Å². The van der Waals surface area contributed by atoms with Crippen molar-refractivity contribution in [1.82, 2.24) is 30.7 Å². The Bertz CT molecular complexity index is 2850. The first kappa shape index (κ1) is 75.1. The number of hydrogen-bond donors (Lipinski definition) is 9. The van der Waals surface area contributed by atoms with Crippen LogP contribution in [0.3, 0.4) is 0 Å². The monoisotopic (exact) mass is 1310 g/mol. The van der Waals surface area contributed by atoms with E-state index in [9.17, 15) is 63.9 Å². The van der Waals surface area contributed by atoms with E-state index in [1.807, 2.05) is 32.0 Å². The van der Waals surface area contributed by atoms with Crippen LogP contribution in [0.15, 0.2) is 60.7 Å². The summed E-state index contributed by atoms with van der Waals surface area (Å²) in [6.45, 7) is 14.5. The number of aliphatic carboxylic acids is 1. The molecule has 93 heavy (non-hydrogen) atoms. The lowest BCUT2D eigenvalue weighted by Gasteiger charge is -2.41. The maximum absolute atomic E-state index is 14.9. The SMILES string of the molecule is CC[C@H](C)[C@@H]([C@@H](CC(=O)N1CCC[C@H]1[C@H](OC)[C@@H](C)C(=O)N[C@H](C)[C@@H](O)c1ccccc1)OC)N(C)C(=O)[C@@H](NC(=O)[C@H](C(C)C)N(C)C(=O)OCc1ccc(O[C@@H]2OC(C(=O)O)[C@@H](O)[C@H](O)C2O)c(NC(=O)CCNC(=O)OCC2C3CC/C=C\CC[C@@H]32)c1)C(C)C. The lowest BCUT2D eigenvalue weighted by Crippen LogP contribution is -2.61. The van der Waals surface area contributed by atoms with Crippen LogP contribution in [0.2, 0.25) is 0 Å². The lowest BCUT2D eigenvalue weighted by molar-refractivity contribution is -0.271. The van der Waals surface area contributed by atoms with E-state index < -0.39 is 139 Å². The Kier molecular flexibility index (Phi) is 28.3. The Morgan fingerprint density at radius 1 is 0.785 bits per heavy atom. The molecular formula is C67H101N7O19. The molecule has 4 unspecified atom stereocenters. The van der Waals surface area contributed by atoms with Crippen molar-refractivity contribution in [3.63, 3.8) is 0 Å². The van der Waals surface area contributed by atoms with Gasteiger partial charge in [-0.3, -0.25) is 28.9 Å². The number of allylic oxidation sites excluding steroid dienone is 2. The van der Waals surface area contributed by atoms with Gasteiger partial charge in [0.25, 0.3) is 0 Å². The molecule has 2 aromatic rings. The standard InChI is InChI=1S/C67H101N7O19/c1-13-38(6)54(49(88-11)33-51(76)74-31-21-26-47(74)59(89-12)39(7)61(81)69-40(8)55(77)42-22-17-16-18-23-42)72(9)63(83)52(36(2)3)71-62(82)53(37(4)5)73(10)67(87)91-34-41-27-28-48(92-65-58(80)56(78)57(79)60(93-65)64(84)85)46(32-41)70-50(75)29-30-68-66(86)90-35-45-43-24-19-14-15-20-25-44(43)45/h14-18,22-23,27-28,32,36-40,43-45,47,49,52-60,65,77-80H,13,19-21,24-26,29-31,33-35H2,1-12H3,(H,68,86)(H,69,81)(H,70,75)(H,71,82)(H,84,85)/b15-14-/t38-,39+,40+,43-,44?,45?,47-,49+,52-,53-,54-,55+,56-,57-,58?,59+,60?,65+/m0/s1. The number of aliphatic hydroxyl groups excluding tert-OH is 4. The molecule has 3 fully saturated rings. The van der Waals surface area contributed by atoms with E-state index in [4.69, 9.17) is 28.4 Å². The number of carbonyl (C=O) groups excluding carboxylic acids is 7. The van der Waals surface area contributed by atoms with E-state index >= 15 is 0 Å². The molecule has 0 bridgehead atoms. The number of nitrogens with zero attached hydrogens (tertiary/aromatic N) is 3. The number of likely N-dealkylation sites (N-methyl/N-ethyl adjacent to an activating group) is 2. The fraction of sp³-hybridized carbons (Fsp3) is 0.672. The molecule has 518 valence electrons. The molecule has 2 saturated heterocycles. The van der Waals surface area contributed by atoms with Crippen LogP contribution in [-0.4, -0.2) is 209 Å². The Morgan fingerprint density at radius 3 is 2.05 bits per heavy atom. The van der Waals surface area contributed by atoms with Crippen LogP contribution in [0.5, 0.6) is 5.75 Å². The zero-order chi connectivity index (χ0) is 68.5. The molecule has 7 amide bonds. The number of anilines is 1. The van der Waals surface area contributed by atoms with Crippen molar-refractivity contribution in [2.45, 2.75) is 199 Å². The number of ether oxygens (including phenoxy) is 6. The second-order valence-corrected chi connectivity index (χ2v) is 26.0. The second kappa shape index (κ2) is 35.0. The van der Waals surface area contributed by atoms with Crippen LogP contribution in [0, 0.1) is 41.4 Å². The molecule has 1 saturated carbocycles. The fourth-order valence-corrected chi connectivity index (χ4v) is 13.2. The summed E-state index contributed by atoms with van der Waals surface area (Å²) >= 11 is 0. The Morgan fingerprint density at radius 2 is 1.45 bits per heavy atom. The van der Waals surface area contributed by atoms with E-state index in [1.54, 1.807) is 65.6 Å². The van der Waals surface area contributed by atoms with Crippen LogP contribution in [0.1, 0.15) is 130 Å². The van der Waals surface area contributed by atoms with Gasteiger partial charge >= 0.3 is 18.2 Å². The van der Waals surface area contributed by atoms with Crippen LogP contribution in [-0.2, 0) is 59.1 Å². The average molecular weight is 1310 g/mol. The number of amides is 7. The molecule has 2 aromatic carbocycles. The number of carboxylic acid groups (broad SMARTS) is 1. The number of rotatable bonds is 31. The van der Waals surface area contributed by atoms with Gasteiger partial charge in [0, 0.05) is 47.8 Å². The smallest absolute Gasteiger partial charge is 0.410 e. The van der Waals surface area contributed by atoms with Gasteiger partial charge in [0.15, 0.2) is 6.10 Å². The van der Waals surface area contributed by atoms with Gasteiger partial charge < -0.3 is 85.0 Å². The van der Waals surface area contributed by atoms with Crippen molar-refractivity contribution in [2.24, 2.45) is 41.4 Å². The zero-order valence-corrected chi connectivity index (χ0v) is 55.8. The number of carbonyl (C=O) groups is 8. The third-order valence-electron chi connectivity index (χ3n) is 18.9. The van der Waals surface area contributed by atoms with Gasteiger partial charge in [-0.1, -0.05) is 103 Å². The van der Waals surface area contributed by atoms with Crippen LogP contribution in [0.25, 0.3) is 0 Å². The minimum Gasteiger partial charge on any atom is -0.479 e. The highest BCUT2D eigenvalue weighted by molar-refractivity contribution is 5.93. The highest BCUT2D eigenvalue weighted by Crippen LogP contribution is 2.53. The van der Waals surface area contributed by atoms with E-state index in [1.165, 1.54) is 44.4 Å². The number of hydrogen-bond acceptors (Lipinski definition) is 18. The summed E-state index contributed by atoms with van der Waals surface area (Å²) in [5.74, 6) is -4.79. The Hall–Kier alpha value is -6.94. The molecule has 0 spiro atoms. The van der Waals surface area contributed by atoms with E-state index in [0.717, 1.165) is 30.6 Å². The number of nitrogens with one attached hydrogen (secondary N) is 4. The highest BCUT2D eigenvalue weighted by atomic mass is 16.7. The molecule has 2 aliphatic carbocycles. The van der Waals surface area contributed by atoms with Gasteiger partial charge in [-0.15, -0.1) is 0 Å². The number of alkyl carbamates (subject to hydrolysis) is 1. The molecule has 6 rings (SSSR count). The third-order valence-corrected chi connectivity index (χ3v) is 18.9. The number of benzene rings is 2. The number of methoxy groups -OCH3 is 2. The molecule has 9 N–H and O–H groups in total. The topological polar surface area (TPSA) is 351 Å². The van der Waals surface area contributed by atoms with Crippen molar-refractivity contribution in [2.75, 3.05) is 53.3 Å².